The Labute approximate surface area is 149 Å². The number of nitrogens with one attached hydrogen (secondary N) is 2. The van der Waals surface area contributed by atoms with E-state index < -0.39 is 6.09 Å². The van der Waals surface area contributed by atoms with Gasteiger partial charge in [-0.1, -0.05) is 27.3 Å². The molecule has 0 saturated heterocycles. The van der Waals surface area contributed by atoms with Crippen molar-refractivity contribution in [2.24, 2.45) is 0 Å². The number of aryl methyl sites for hydroxylation is 1. The fraction of sp³-hybridized carbons (Fsp3) is 0.0625. The zero-order chi connectivity index (χ0) is 17.3. The molecule has 2 amide bonds. The summed E-state index contributed by atoms with van der Waals surface area (Å²) in [6, 6.07) is 10.7. The Hall–Kier alpha value is -2.45. The molecule has 1 heterocycles. The number of thiazole rings is 1. The minimum atomic E-state index is -1.17. The summed E-state index contributed by atoms with van der Waals surface area (Å²) in [6.45, 7) is 1.91. The number of benzene rings is 2. The van der Waals surface area contributed by atoms with Crippen LogP contribution in [0.1, 0.15) is 15.9 Å². The zero-order valence-electron chi connectivity index (χ0n) is 12.5. The van der Waals surface area contributed by atoms with Crippen molar-refractivity contribution in [2.75, 3.05) is 10.6 Å². The summed E-state index contributed by atoms with van der Waals surface area (Å²) < 4.78 is 1.68. The fourth-order valence-corrected chi connectivity index (χ4v) is 3.54. The number of carbonyl (C=O) groups excluding carboxylic acids is 1. The molecule has 6 nitrogen and oxygen atoms in total. The number of carbonyl (C=O) groups is 2. The number of rotatable bonds is 3. The van der Waals surface area contributed by atoms with E-state index in [1.165, 1.54) is 11.3 Å². The van der Waals surface area contributed by atoms with Crippen molar-refractivity contribution in [2.45, 2.75) is 6.92 Å². The molecule has 0 aliphatic rings. The summed E-state index contributed by atoms with van der Waals surface area (Å²) in [5, 5.41) is 14.1. The van der Waals surface area contributed by atoms with Gasteiger partial charge in [-0.15, -0.1) is 0 Å². The predicted octanol–water partition coefficient (Wildman–Crippen LogP) is 4.71. The highest BCUT2D eigenvalue weighted by molar-refractivity contribution is 9.10. The van der Waals surface area contributed by atoms with Gasteiger partial charge >= 0.3 is 6.09 Å². The predicted molar refractivity (Wildman–Crippen MR) is 98.1 cm³/mol. The van der Waals surface area contributed by atoms with Crippen molar-refractivity contribution in [3.63, 3.8) is 0 Å². The Bertz CT molecular complexity index is 955. The van der Waals surface area contributed by atoms with Gasteiger partial charge < -0.3 is 10.4 Å². The summed E-state index contributed by atoms with van der Waals surface area (Å²) >= 11 is 4.57. The first-order valence-electron chi connectivity index (χ1n) is 6.90. The number of hydrogen-bond acceptors (Lipinski definition) is 4. The number of halogens is 1. The van der Waals surface area contributed by atoms with E-state index in [4.69, 9.17) is 5.11 Å². The van der Waals surface area contributed by atoms with Crippen molar-refractivity contribution in [1.29, 1.82) is 0 Å². The second-order valence-electron chi connectivity index (χ2n) is 5.05. The maximum Gasteiger partial charge on any atom is 0.410 e. The lowest BCUT2D eigenvalue weighted by molar-refractivity contribution is 0.102. The van der Waals surface area contributed by atoms with Crippen LogP contribution in [0.25, 0.3) is 10.2 Å². The van der Waals surface area contributed by atoms with Crippen LogP contribution in [0.5, 0.6) is 0 Å². The van der Waals surface area contributed by atoms with E-state index in [9.17, 15) is 9.59 Å². The third-order valence-corrected chi connectivity index (χ3v) is 4.73. The van der Waals surface area contributed by atoms with Gasteiger partial charge in [0.15, 0.2) is 5.13 Å². The molecule has 0 spiro atoms. The average Bonchev–Trinajstić information content (AvgIpc) is 2.90. The quantitative estimate of drug-likeness (QED) is 0.588. The number of aromatic nitrogens is 1. The van der Waals surface area contributed by atoms with Crippen LogP contribution in [-0.2, 0) is 0 Å². The summed E-state index contributed by atoms with van der Waals surface area (Å²) in [4.78, 5) is 27.2. The van der Waals surface area contributed by atoms with Crippen molar-refractivity contribution < 1.29 is 14.7 Å². The van der Waals surface area contributed by atoms with Gasteiger partial charge in [0.2, 0.25) is 0 Å². The van der Waals surface area contributed by atoms with E-state index in [1.54, 1.807) is 18.2 Å². The maximum atomic E-state index is 12.4. The fourth-order valence-electron chi connectivity index (χ4n) is 2.17. The molecule has 8 heteroatoms. The van der Waals surface area contributed by atoms with Gasteiger partial charge in [0, 0.05) is 15.7 Å². The van der Waals surface area contributed by atoms with Gasteiger partial charge in [0.05, 0.1) is 10.2 Å². The lowest BCUT2D eigenvalue weighted by Gasteiger charge is -2.08. The number of fused-ring (bicyclic) bond motifs is 1. The molecule has 3 N–H and O–H groups in total. The molecule has 0 saturated carbocycles. The van der Waals surface area contributed by atoms with Crippen LogP contribution in [0.2, 0.25) is 0 Å². The Morgan fingerprint density at radius 1 is 1.17 bits per heavy atom. The smallest absolute Gasteiger partial charge is 0.410 e. The Kier molecular flexibility index (Phi) is 4.50. The SMILES string of the molecule is Cc1cc(Br)ccc1NC(=O)c1ccc2nc(NC(=O)O)sc2c1. The van der Waals surface area contributed by atoms with Crippen LogP contribution in [0, 0.1) is 6.92 Å². The monoisotopic (exact) mass is 405 g/mol. The van der Waals surface area contributed by atoms with E-state index >= 15 is 0 Å². The standard InChI is InChI=1S/C16H12BrN3O3S/c1-8-6-10(17)3-5-11(8)18-14(21)9-2-4-12-13(7-9)24-15(19-12)20-16(22)23/h2-7H,1H3,(H,18,21)(H,19,20)(H,22,23). The van der Waals surface area contributed by atoms with E-state index in [-0.39, 0.29) is 11.0 Å². The second kappa shape index (κ2) is 6.58. The van der Waals surface area contributed by atoms with Crippen molar-refractivity contribution >= 4 is 60.3 Å². The van der Waals surface area contributed by atoms with Gasteiger partial charge in [-0.05, 0) is 48.9 Å². The molecule has 3 rings (SSSR count). The molecule has 0 aliphatic carbocycles. The highest BCUT2D eigenvalue weighted by Crippen LogP contribution is 2.27. The topological polar surface area (TPSA) is 91.3 Å². The molecule has 0 unspecified atom stereocenters. The molecule has 3 aromatic rings. The van der Waals surface area contributed by atoms with Gasteiger partial charge in [-0.3, -0.25) is 10.1 Å². The van der Waals surface area contributed by atoms with Gasteiger partial charge in [0.1, 0.15) is 0 Å². The number of nitrogens with zero attached hydrogens (tertiary/aromatic N) is 1. The number of hydrogen-bond donors (Lipinski definition) is 3. The Morgan fingerprint density at radius 2 is 1.96 bits per heavy atom. The highest BCUT2D eigenvalue weighted by atomic mass is 79.9. The highest BCUT2D eigenvalue weighted by Gasteiger charge is 2.12. The normalized spacial score (nSPS) is 10.6. The summed E-state index contributed by atoms with van der Waals surface area (Å²) in [5.41, 5.74) is 2.81. The second-order valence-corrected chi connectivity index (χ2v) is 6.99. The minimum Gasteiger partial charge on any atom is -0.465 e. The lowest BCUT2D eigenvalue weighted by atomic mass is 10.1. The van der Waals surface area contributed by atoms with Crippen LogP contribution >= 0.6 is 27.3 Å². The maximum absolute atomic E-state index is 12.4. The van der Waals surface area contributed by atoms with Crippen LogP contribution in [0.3, 0.4) is 0 Å². The van der Waals surface area contributed by atoms with E-state index in [0.29, 0.717) is 11.1 Å². The molecule has 0 radical (unpaired) electrons. The molecular formula is C16H12BrN3O3S. The van der Waals surface area contributed by atoms with Crippen LogP contribution in [0.4, 0.5) is 15.6 Å². The first-order chi connectivity index (χ1) is 11.4. The number of carboxylic acid groups (broad SMARTS) is 1. The largest absolute Gasteiger partial charge is 0.465 e. The van der Waals surface area contributed by atoms with Gasteiger partial charge in [0.25, 0.3) is 5.91 Å². The molecule has 24 heavy (non-hydrogen) atoms. The molecule has 1 aromatic heterocycles. The van der Waals surface area contributed by atoms with E-state index in [0.717, 1.165) is 20.4 Å². The third kappa shape index (κ3) is 3.55. The van der Waals surface area contributed by atoms with Gasteiger partial charge in [-0.2, -0.15) is 0 Å². The van der Waals surface area contributed by atoms with Crippen molar-refractivity contribution in [3.05, 3.63) is 52.0 Å². The molecule has 122 valence electrons. The van der Waals surface area contributed by atoms with E-state index in [2.05, 4.69) is 31.5 Å². The summed E-state index contributed by atoms with van der Waals surface area (Å²) in [7, 11) is 0. The molecule has 0 atom stereocenters. The molecule has 2 aromatic carbocycles. The Morgan fingerprint density at radius 3 is 2.67 bits per heavy atom. The third-order valence-electron chi connectivity index (χ3n) is 3.30. The first-order valence-corrected chi connectivity index (χ1v) is 8.51. The molecule has 0 fully saturated rings. The van der Waals surface area contributed by atoms with Crippen molar-refractivity contribution in [3.8, 4) is 0 Å². The molecule has 0 aliphatic heterocycles. The average molecular weight is 406 g/mol. The first kappa shape index (κ1) is 16.4. The van der Waals surface area contributed by atoms with Crippen LogP contribution < -0.4 is 10.6 Å². The summed E-state index contributed by atoms with van der Waals surface area (Å²) in [5.74, 6) is -0.233. The van der Waals surface area contributed by atoms with Crippen molar-refractivity contribution in [1.82, 2.24) is 4.98 Å². The number of anilines is 2. The molecular weight excluding hydrogens is 394 g/mol. The van der Waals surface area contributed by atoms with Gasteiger partial charge in [-0.25, -0.2) is 9.78 Å². The zero-order valence-corrected chi connectivity index (χ0v) is 14.9. The van der Waals surface area contributed by atoms with Crippen LogP contribution in [0.15, 0.2) is 40.9 Å². The summed E-state index contributed by atoms with van der Waals surface area (Å²) in [6.07, 6.45) is -1.17. The van der Waals surface area contributed by atoms with E-state index in [1.807, 2.05) is 25.1 Å². The minimum absolute atomic E-state index is 0.233. The van der Waals surface area contributed by atoms with Crippen LogP contribution in [-0.4, -0.2) is 22.1 Å². The number of amides is 2. The lowest BCUT2D eigenvalue weighted by Crippen LogP contribution is -2.12. The molecule has 0 bridgehead atoms. The Balaban J connectivity index is 1.85.